The van der Waals surface area contributed by atoms with E-state index < -0.39 is 0 Å². The van der Waals surface area contributed by atoms with E-state index in [-0.39, 0.29) is 17.2 Å². The van der Waals surface area contributed by atoms with Crippen LogP contribution >= 0.6 is 0 Å². The lowest BCUT2D eigenvalue weighted by Gasteiger charge is -2.18. The van der Waals surface area contributed by atoms with Crippen LogP contribution < -0.4 is 0 Å². The van der Waals surface area contributed by atoms with Gasteiger partial charge >= 0.3 is 0 Å². The van der Waals surface area contributed by atoms with Gasteiger partial charge in [0.2, 0.25) is 11.8 Å². The minimum atomic E-state index is -0.240. The molecule has 0 atom stereocenters. The predicted molar refractivity (Wildman–Crippen MR) is 109 cm³/mol. The molecule has 2 aromatic carbocycles. The van der Waals surface area contributed by atoms with Crippen LogP contribution in [0.5, 0.6) is 0 Å². The van der Waals surface area contributed by atoms with Crippen LogP contribution in [0.25, 0.3) is 11.5 Å². The Balaban J connectivity index is 1.37. The van der Waals surface area contributed by atoms with E-state index in [1.165, 1.54) is 10.5 Å². The lowest BCUT2D eigenvalue weighted by atomic mass is 9.87. The largest absolute Gasteiger partial charge is 0.421 e. The monoisotopic (exact) mass is 389 g/mol. The molecule has 0 spiro atoms. The summed E-state index contributed by atoms with van der Waals surface area (Å²) < 4.78 is 5.76. The molecule has 0 N–H and O–H groups in total. The number of benzene rings is 2. The topological polar surface area (TPSA) is 76.3 Å². The molecule has 1 aliphatic rings. The first-order valence-electron chi connectivity index (χ1n) is 9.73. The smallest absolute Gasteiger partial charge is 0.261 e. The lowest BCUT2D eigenvalue weighted by Crippen LogP contribution is -2.30. The molecule has 0 bridgehead atoms. The first-order chi connectivity index (χ1) is 13.8. The van der Waals surface area contributed by atoms with Gasteiger partial charge in [-0.2, -0.15) is 0 Å². The third-order valence-electron chi connectivity index (χ3n) is 5.12. The Hall–Kier alpha value is -3.28. The van der Waals surface area contributed by atoms with Crippen LogP contribution in [0.15, 0.2) is 52.9 Å². The van der Waals surface area contributed by atoms with Crippen molar-refractivity contribution in [3.63, 3.8) is 0 Å². The molecule has 2 amide bonds. The van der Waals surface area contributed by atoms with E-state index in [9.17, 15) is 9.59 Å². The number of carbonyl (C=O) groups is 2. The van der Waals surface area contributed by atoms with Crippen LogP contribution in [0.1, 0.15) is 59.4 Å². The maximum atomic E-state index is 12.4. The predicted octanol–water partition coefficient (Wildman–Crippen LogP) is 4.26. The zero-order valence-corrected chi connectivity index (χ0v) is 16.8. The minimum absolute atomic E-state index is 0.0859. The van der Waals surface area contributed by atoms with Gasteiger partial charge in [0.05, 0.1) is 11.1 Å². The molecular weight excluding hydrogens is 366 g/mol. The number of fused-ring (bicyclic) bond motifs is 1. The van der Waals surface area contributed by atoms with Gasteiger partial charge in [-0.25, -0.2) is 0 Å². The van der Waals surface area contributed by atoms with Gasteiger partial charge in [0.1, 0.15) is 0 Å². The van der Waals surface area contributed by atoms with E-state index in [0.717, 1.165) is 5.56 Å². The molecule has 0 saturated carbocycles. The molecule has 148 valence electrons. The Morgan fingerprint density at radius 2 is 1.52 bits per heavy atom. The summed E-state index contributed by atoms with van der Waals surface area (Å²) in [4.78, 5) is 26.1. The zero-order valence-electron chi connectivity index (χ0n) is 16.8. The Kier molecular flexibility index (Phi) is 4.78. The van der Waals surface area contributed by atoms with Crippen molar-refractivity contribution < 1.29 is 14.0 Å². The average molecular weight is 389 g/mol. The number of imide groups is 1. The number of nitrogens with zero attached hydrogens (tertiary/aromatic N) is 3. The summed E-state index contributed by atoms with van der Waals surface area (Å²) in [5.74, 6) is 0.490. The van der Waals surface area contributed by atoms with Crippen molar-refractivity contribution in [1.29, 1.82) is 0 Å². The van der Waals surface area contributed by atoms with E-state index >= 15 is 0 Å². The molecule has 0 radical (unpaired) electrons. The van der Waals surface area contributed by atoms with Crippen molar-refractivity contribution >= 4 is 11.8 Å². The quantitative estimate of drug-likeness (QED) is 0.609. The maximum absolute atomic E-state index is 12.4. The molecule has 3 aromatic rings. The van der Waals surface area contributed by atoms with Crippen molar-refractivity contribution in [3.8, 4) is 11.5 Å². The Morgan fingerprint density at radius 1 is 0.897 bits per heavy atom. The number of carbonyl (C=O) groups excluding carboxylic acids is 2. The van der Waals surface area contributed by atoms with Crippen molar-refractivity contribution in [2.75, 3.05) is 6.54 Å². The van der Waals surface area contributed by atoms with Gasteiger partial charge < -0.3 is 4.42 Å². The second-order valence-electron chi connectivity index (χ2n) is 8.24. The van der Waals surface area contributed by atoms with Crippen molar-refractivity contribution in [3.05, 3.63) is 71.1 Å². The zero-order chi connectivity index (χ0) is 20.6. The molecular formula is C23H23N3O3. The van der Waals surface area contributed by atoms with Crippen molar-refractivity contribution in [1.82, 2.24) is 15.1 Å². The normalized spacial score (nSPS) is 13.8. The van der Waals surface area contributed by atoms with E-state index in [0.29, 0.717) is 42.3 Å². The number of aromatic nitrogens is 2. The molecule has 6 nitrogen and oxygen atoms in total. The third-order valence-corrected chi connectivity index (χ3v) is 5.12. The van der Waals surface area contributed by atoms with E-state index in [1.807, 2.05) is 12.1 Å². The number of hydrogen-bond acceptors (Lipinski definition) is 5. The number of amides is 2. The second kappa shape index (κ2) is 7.28. The van der Waals surface area contributed by atoms with Crippen molar-refractivity contribution in [2.24, 2.45) is 0 Å². The SMILES string of the molecule is CC(C)(C)c1ccc(-c2nnc(CCCN3C(=O)c4ccccc4C3=O)o2)cc1. The highest BCUT2D eigenvalue weighted by atomic mass is 16.4. The Labute approximate surface area is 169 Å². The van der Waals surface area contributed by atoms with Crippen LogP contribution in [-0.4, -0.2) is 33.5 Å². The Morgan fingerprint density at radius 3 is 2.10 bits per heavy atom. The molecule has 0 saturated heterocycles. The van der Waals surface area contributed by atoms with Crippen LogP contribution in [-0.2, 0) is 11.8 Å². The van der Waals surface area contributed by atoms with Crippen molar-refractivity contribution in [2.45, 2.75) is 39.0 Å². The highest BCUT2D eigenvalue weighted by Crippen LogP contribution is 2.26. The minimum Gasteiger partial charge on any atom is -0.421 e. The van der Waals surface area contributed by atoms with Gasteiger partial charge in [0.25, 0.3) is 11.8 Å². The summed E-state index contributed by atoms with van der Waals surface area (Å²) in [6.45, 7) is 6.83. The molecule has 2 heterocycles. The van der Waals surface area contributed by atoms with Gasteiger partial charge in [-0.3, -0.25) is 14.5 Å². The van der Waals surface area contributed by atoms with Crippen LogP contribution in [0.3, 0.4) is 0 Å². The molecule has 0 aliphatic carbocycles. The number of aryl methyl sites for hydroxylation is 1. The fourth-order valence-electron chi connectivity index (χ4n) is 3.41. The first kappa shape index (κ1) is 19.1. The van der Waals surface area contributed by atoms with Gasteiger partial charge in [-0.15, -0.1) is 10.2 Å². The van der Waals surface area contributed by atoms with Crippen LogP contribution in [0.4, 0.5) is 0 Å². The second-order valence-corrected chi connectivity index (χ2v) is 8.24. The molecule has 6 heteroatoms. The van der Waals surface area contributed by atoms with Crippen LogP contribution in [0.2, 0.25) is 0 Å². The molecule has 4 rings (SSSR count). The standard InChI is InChI=1S/C23H23N3O3/c1-23(2,3)16-12-10-15(11-13-16)20-25-24-19(29-20)9-6-14-26-21(27)17-7-4-5-8-18(17)22(26)28/h4-5,7-8,10-13H,6,9,14H2,1-3H3. The number of rotatable bonds is 5. The molecule has 0 unspecified atom stereocenters. The molecule has 29 heavy (non-hydrogen) atoms. The average Bonchev–Trinajstić information content (AvgIpc) is 3.27. The maximum Gasteiger partial charge on any atom is 0.261 e. The van der Waals surface area contributed by atoms with Crippen LogP contribution in [0, 0.1) is 0 Å². The van der Waals surface area contributed by atoms with E-state index in [4.69, 9.17) is 4.42 Å². The summed E-state index contributed by atoms with van der Waals surface area (Å²) in [5.41, 5.74) is 3.13. The number of hydrogen-bond donors (Lipinski definition) is 0. The summed E-state index contributed by atoms with van der Waals surface area (Å²) >= 11 is 0. The van der Waals surface area contributed by atoms with E-state index in [1.54, 1.807) is 24.3 Å². The van der Waals surface area contributed by atoms with Gasteiger partial charge in [-0.05, 0) is 41.7 Å². The summed E-state index contributed by atoms with van der Waals surface area (Å²) in [7, 11) is 0. The first-order valence-corrected chi connectivity index (χ1v) is 9.73. The van der Waals surface area contributed by atoms with E-state index in [2.05, 4.69) is 43.1 Å². The summed E-state index contributed by atoms with van der Waals surface area (Å²) in [6.07, 6.45) is 1.07. The molecule has 0 fully saturated rings. The summed E-state index contributed by atoms with van der Waals surface area (Å²) in [6, 6.07) is 15.0. The molecule has 1 aromatic heterocycles. The third kappa shape index (κ3) is 3.70. The fourth-order valence-corrected chi connectivity index (χ4v) is 3.41. The highest BCUT2D eigenvalue weighted by Gasteiger charge is 2.34. The van der Waals surface area contributed by atoms with Gasteiger partial charge in [0.15, 0.2) is 0 Å². The Bertz CT molecular complexity index is 1030. The van der Waals surface area contributed by atoms with Gasteiger partial charge in [-0.1, -0.05) is 45.0 Å². The lowest BCUT2D eigenvalue weighted by molar-refractivity contribution is 0.0651. The highest BCUT2D eigenvalue weighted by molar-refractivity contribution is 6.21. The van der Waals surface area contributed by atoms with Gasteiger partial charge in [0, 0.05) is 18.5 Å². The fraction of sp³-hybridized carbons (Fsp3) is 0.304. The summed E-state index contributed by atoms with van der Waals surface area (Å²) in [5, 5.41) is 8.23. The molecule has 1 aliphatic heterocycles.